The Morgan fingerprint density at radius 2 is 1.68 bits per heavy atom. The van der Waals surface area contributed by atoms with Crippen LogP contribution in [0.5, 0.6) is 0 Å². The van der Waals surface area contributed by atoms with E-state index in [0.29, 0.717) is 12.1 Å². The predicted octanol–water partition coefficient (Wildman–Crippen LogP) is 2.35. The third kappa shape index (κ3) is 3.28. The monoisotopic (exact) mass is 338 g/mol. The van der Waals surface area contributed by atoms with Gasteiger partial charge in [-0.05, 0) is 30.3 Å². The SMILES string of the molecule is COC(=O)C1CN(C)C(c2ccccc2)C1c1ccc(C(N)=O)cc1. The number of esters is 1. The van der Waals surface area contributed by atoms with Gasteiger partial charge in [-0.3, -0.25) is 14.5 Å². The first kappa shape index (κ1) is 17.2. The van der Waals surface area contributed by atoms with Crippen LogP contribution in [0.1, 0.15) is 33.4 Å². The fourth-order valence-corrected chi connectivity index (χ4v) is 3.80. The molecule has 2 aromatic rings. The normalized spacial score (nSPS) is 23.4. The molecule has 0 aromatic heterocycles. The molecule has 1 aliphatic rings. The Kier molecular flexibility index (Phi) is 4.86. The second-order valence-corrected chi connectivity index (χ2v) is 6.44. The topological polar surface area (TPSA) is 72.6 Å². The fraction of sp³-hybridized carbons (Fsp3) is 0.300. The number of methoxy groups -OCH3 is 1. The summed E-state index contributed by atoms with van der Waals surface area (Å²) in [4.78, 5) is 25.9. The van der Waals surface area contributed by atoms with Crippen molar-refractivity contribution < 1.29 is 14.3 Å². The number of ether oxygens (including phenoxy) is 1. The smallest absolute Gasteiger partial charge is 0.310 e. The van der Waals surface area contributed by atoms with E-state index in [9.17, 15) is 9.59 Å². The molecule has 0 saturated carbocycles. The van der Waals surface area contributed by atoms with Gasteiger partial charge in [0, 0.05) is 24.1 Å². The van der Waals surface area contributed by atoms with E-state index in [1.165, 1.54) is 7.11 Å². The quantitative estimate of drug-likeness (QED) is 0.869. The van der Waals surface area contributed by atoms with E-state index < -0.39 is 5.91 Å². The number of likely N-dealkylation sites (tertiary alicyclic amines) is 1. The largest absolute Gasteiger partial charge is 0.469 e. The molecule has 1 saturated heterocycles. The van der Waals surface area contributed by atoms with Crippen molar-refractivity contribution in [1.29, 1.82) is 0 Å². The Morgan fingerprint density at radius 1 is 1.04 bits per heavy atom. The lowest BCUT2D eigenvalue weighted by molar-refractivity contribution is -0.145. The lowest BCUT2D eigenvalue weighted by Gasteiger charge is -2.27. The molecule has 1 aliphatic heterocycles. The number of rotatable bonds is 4. The van der Waals surface area contributed by atoms with E-state index >= 15 is 0 Å². The minimum absolute atomic E-state index is 0.0539. The maximum absolute atomic E-state index is 12.4. The first-order valence-electron chi connectivity index (χ1n) is 8.25. The van der Waals surface area contributed by atoms with E-state index in [1.54, 1.807) is 12.1 Å². The van der Waals surface area contributed by atoms with Crippen LogP contribution in [0, 0.1) is 5.92 Å². The maximum Gasteiger partial charge on any atom is 0.310 e. The van der Waals surface area contributed by atoms with Crippen LogP contribution in [0.15, 0.2) is 54.6 Å². The molecular weight excluding hydrogens is 316 g/mol. The number of amides is 1. The predicted molar refractivity (Wildman–Crippen MR) is 95.0 cm³/mol. The van der Waals surface area contributed by atoms with Gasteiger partial charge < -0.3 is 10.5 Å². The van der Waals surface area contributed by atoms with Crippen LogP contribution >= 0.6 is 0 Å². The number of primary amides is 1. The van der Waals surface area contributed by atoms with Gasteiger partial charge in [0.15, 0.2) is 0 Å². The van der Waals surface area contributed by atoms with Gasteiger partial charge in [0.2, 0.25) is 5.91 Å². The summed E-state index contributed by atoms with van der Waals surface area (Å²) in [6.45, 7) is 0.620. The highest BCUT2D eigenvalue weighted by atomic mass is 16.5. The standard InChI is InChI=1S/C20H22N2O3/c1-22-12-16(20(24)25-2)17(18(22)14-6-4-3-5-7-14)13-8-10-15(11-9-13)19(21)23/h3-11,16-18H,12H2,1-2H3,(H2,21,23). The molecule has 0 radical (unpaired) electrons. The number of carbonyl (C=O) groups is 2. The van der Waals surface area contributed by atoms with E-state index in [4.69, 9.17) is 10.5 Å². The minimum Gasteiger partial charge on any atom is -0.469 e. The lowest BCUT2D eigenvalue weighted by Crippen LogP contribution is -2.23. The van der Waals surface area contributed by atoms with Crippen molar-refractivity contribution in [2.24, 2.45) is 11.7 Å². The number of hydrogen-bond donors (Lipinski definition) is 1. The van der Waals surface area contributed by atoms with Gasteiger partial charge >= 0.3 is 5.97 Å². The minimum atomic E-state index is -0.459. The Balaban J connectivity index is 2.04. The first-order chi connectivity index (χ1) is 12.0. The van der Waals surface area contributed by atoms with Crippen LogP contribution < -0.4 is 5.73 Å². The van der Waals surface area contributed by atoms with Crippen molar-refractivity contribution in [2.75, 3.05) is 20.7 Å². The zero-order chi connectivity index (χ0) is 18.0. The highest BCUT2D eigenvalue weighted by molar-refractivity contribution is 5.92. The van der Waals surface area contributed by atoms with E-state index in [-0.39, 0.29) is 23.8 Å². The number of nitrogens with zero attached hydrogens (tertiary/aromatic N) is 1. The van der Waals surface area contributed by atoms with E-state index in [0.717, 1.165) is 11.1 Å². The molecule has 2 aromatic carbocycles. The number of carbonyl (C=O) groups excluding carboxylic acids is 2. The highest BCUT2D eigenvalue weighted by Gasteiger charge is 2.45. The van der Waals surface area contributed by atoms with Crippen molar-refractivity contribution >= 4 is 11.9 Å². The van der Waals surface area contributed by atoms with Gasteiger partial charge in [-0.15, -0.1) is 0 Å². The Morgan fingerprint density at radius 3 is 2.24 bits per heavy atom. The van der Waals surface area contributed by atoms with Crippen LogP contribution in [0.4, 0.5) is 0 Å². The number of likely N-dealkylation sites (N-methyl/N-ethyl adjacent to an activating group) is 1. The summed E-state index contributed by atoms with van der Waals surface area (Å²) in [6.07, 6.45) is 0. The average molecular weight is 338 g/mol. The van der Waals surface area contributed by atoms with E-state index in [1.807, 2.05) is 37.4 Å². The van der Waals surface area contributed by atoms with Crippen molar-refractivity contribution in [1.82, 2.24) is 4.90 Å². The van der Waals surface area contributed by atoms with Crippen LogP contribution in [-0.2, 0) is 9.53 Å². The van der Waals surface area contributed by atoms with Crippen LogP contribution in [0.2, 0.25) is 0 Å². The van der Waals surface area contributed by atoms with Crippen LogP contribution in [-0.4, -0.2) is 37.5 Å². The number of benzene rings is 2. The lowest BCUT2D eigenvalue weighted by atomic mass is 9.81. The van der Waals surface area contributed by atoms with Crippen LogP contribution in [0.25, 0.3) is 0 Å². The second kappa shape index (κ2) is 7.07. The summed E-state index contributed by atoms with van der Waals surface area (Å²) in [5.74, 6) is -0.991. The van der Waals surface area contributed by atoms with Crippen molar-refractivity contribution in [3.05, 3.63) is 71.3 Å². The Hall–Kier alpha value is -2.66. The molecule has 3 rings (SSSR count). The third-order valence-electron chi connectivity index (χ3n) is 4.96. The van der Waals surface area contributed by atoms with Gasteiger partial charge in [0.05, 0.1) is 13.0 Å². The van der Waals surface area contributed by atoms with Crippen molar-refractivity contribution in [3.63, 3.8) is 0 Å². The maximum atomic E-state index is 12.4. The molecule has 1 fully saturated rings. The fourth-order valence-electron chi connectivity index (χ4n) is 3.80. The molecular formula is C20H22N2O3. The van der Waals surface area contributed by atoms with E-state index in [2.05, 4.69) is 17.0 Å². The summed E-state index contributed by atoms with van der Waals surface area (Å²) in [7, 11) is 3.44. The molecule has 1 heterocycles. The number of hydrogen-bond acceptors (Lipinski definition) is 4. The van der Waals surface area contributed by atoms with Gasteiger partial charge in [0.1, 0.15) is 0 Å². The van der Waals surface area contributed by atoms with Gasteiger partial charge in [-0.1, -0.05) is 42.5 Å². The van der Waals surface area contributed by atoms with Crippen molar-refractivity contribution in [3.8, 4) is 0 Å². The molecule has 3 atom stereocenters. The summed E-state index contributed by atoms with van der Waals surface area (Å²) in [5, 5.41) is 0. The second-order valence-electron chi connectivity index (χ2n) is 6.44. The zero-order valence-corrected chi connectivity index (χ0v) is 14.4. The Labute approximate surface area is 147 Å². The summed E-state index contributed by atoms with van der Waals surface area (Å²) in [6, 6.07) is 17.4. The summed E-state index contributed by atoms with van der Waals surface area (Å²) >= 11 is 0. The average Bonchev–Trinajstić information content (AvgIpc) is 2.99. The molecule has 0 bridgehead atoms. The molecule has 130 valence electrons. The molecule has 5 heteroatoms. The summed E-state index contributed by atoms with van der Waals surface area (Å²) in [5.41, 5.74) is 7.94. The Bertz CT molecular complexity index is 758. The number of nitrogens with two attached hydrogens (primary N) is 1. The van der Waals surface area contributed by atoms with Crippen molar-refractivity contribution in [2.45, 2.75) is 12.0 Å². The first-order valence-corrected chi connectivity index (χ1v) is 8.25. The molecule has 25 heavy (non-hydrogen) atoms. The van der Waals surface area contributed by atoms with Gasteiger partial charge in [0.25, 0.3) is 0 Å². The van der Waals surface area contributed by atoms with Crippen LogP contribution in [0.3, 0.4) is 0 Å². The highest BCUT2D eigenvalue weighted by Crippen LogP contribution is 2.46. The molecule has 5 nitrogen and oxygen atoms in total. The van der Waals surface area contributed by atoms with Gasteiger partial charge in [-0.2, -0.15) is 0 Å². The molecule has 0 spiro atoms. The molecule has 2 N–H and O–H groups in total. The molecule has 3 unspecified atom stereocenters. The molecule has 0 aliphatic carbocycles. The molecule has 1 amide bonds. The summed E-state index contributed by atoms with van der Waals surface area (Å²) < 4.78 is 5.04. The zero-order valence-electron chi connectivity index (χ0n) is 14.4. The van der Waals surface area contributed by atoms with Gasteiger partial charge in [-0.25, -0.2) is 0 Å². The third-order valence-corrected chi connectivity index (χ3v) is 4.96.